The van der Waals surface area contributed by atoms with Gasteiger partial charge in [-0.1, -0.05) is 23.8 Å². The van der Waals surface area contributed by atoms with Crippen molar-refractivity contribution >= 4 is 12.0 Å². The molecule has 6 heteroatoms. The van der Waals surface area contributed by atoms with Gasteiger partial charge in [0.2, 0.25) is 0 Å². The monoisotopic (exact) mass is 339 g/mol. The summed E-state index contributed by atoms with van der Waals surface area (Å²) in [6, 6.07) is 9.21. The number of nitrogens with zero attached hydrogens (tertiary/aromatic N) is 3. The number of ether oxygens (including phenoxy) is 1. The number of hydrogen-bond acceptors (Lipinski definition) is 4. The van der Waals surface area contributed by atoms with Gasteiger partial charge in [0, 0.05) is 26.2 Å². The number of carbonyl (C=O) groups is 1. The fraction of sp³-hybridized carbons (Fsp3) is 0.316. The van der Waals surface area contributed by atoms with E-state index in [-0.39, 0.29) is 17.2 Å². The minimum Gasteiger partial charge on any atom is -0.497 e. The lowest BCUT2D eigenvalue weighted by atomic mass is 10.0. The Morgan fingerprint density at radius 1 is 1.24 bits per heavy atom. The molecule has 0 spiro atoms. The lowest BCUT2D eigenvalue weighted by Crippen LogP contribution is -2.37. The van der Waals surface area contributed by atoms with Gasteiger partial charge >= 0.3 is 0 Å². The molecule has 0 unspecified atom stereocenters. The van der Waals surface area contributed by atoms with Crippen molar-refractivity contribution in [1.29, 1.82) is 0 Å². The molecule has 2 aromatic rings. The zero-order chi connectivity index (χ0) is 17.8. The minimum atomic E-state index is -0.228. The van der Waals surface area contributed by atoms with E-state index >= 15 is 0 Å². The summed E-state index contributed by atoms with van der Waals surface area (Å²) in [5.74, 6) is 0.650. The summed E-state index contributed by atoms with van der Waals surface area (Å²) in [5, 5.41) is 0. The van der Waals surface area contributed by atoms with Gasteiger partial charge < -0.3 is 14.2 Å². The predicted molar refractivity (Wildman–Crippen MR) is 95.6 cm³/mol. The molecular weight excluding hydrogens is 318 g/mol. The molecule has 0 bridgehead atoms. The maximum absolute atomic E-state index is 12.5. The van der Waals surface area contributed by atoms with E-state index in [1.165, 1.54) is 22.5 Å². The molecule has 0 aliphatic carbocycles. The Morgan fingerprint density at radius 2 is 2.00 bits per heavy atom. The molecule has 1 aliphatic heterocycles. The van der Waals surface area contributed by atoms with E-state index in [4.69, 9.17) is 4.74 Å². The average Bonchev–Trinajstić information content (AvgIpc) is 2.64. The summed E-state index contributed by atoms with van der Waals surface area (Å²) in [7, 11) is 3.27. The van der Waals surface area contributed by atoms with Crippen LogP contribution >= 0.6 is 0 Å². The van der Waals surface area contributed by atoms with Crippen LogP contribution in [0.3, 0.4) is 0 Å². The summed E-state index contributed by atoms with van der Waals surface area (Å²) in [5.41, 5.74) is 2.38. The Morgan fingerprint density at radius 3 is 2.68 bits per heavy atom. The van der Waals surface area contributed by atoms with E-state index < -0.39 is 0 Å². The highest BCUT2D eigenvalue weighted by atomic mass is 16.5. The standard InChI is InChI=1S/C19H21N3O3/c1-21-13-20-17(12-18(21)23)19(24)22-8-6-14(7-9-22)10-15-4-3-5-16(11-15)25-2/h3-5,10-13H,6-9H2,1-2H3. The SMILES string of the molecule is COc1cccc(C=C2CCN(C(=O)c3cc(=O)n(C)cn3)CC2)c1. The quantitative estimate of drug-likeness (QED) is 0.859. The molecule has 0 N–H and O–H groups in total. The summed E-state index contributed by atoms with van der Waals surface area (Å²) >= 11 is 0. The second kappa shape index (κ2) is 7.34. The van der Waals surface area contributed by atoms with Gasteiger partial charge in [0.25, 0.3) is 11.5 Å². The van der Waals surface area contributed by atoms with Crippen LogP contribution in [0.5, 0.6) is 5.75 Å². The van der Waals surface area contributed by atoms with E-state index in [9.17, 15) is 9.59 Å². The molecule has 1 fully saturated rings. The lowest BCUT2D eigenvalue weighted by Gasteiger charge is -2.28. The topological polar surface area (TPSA) is 64.4 Å². The Balaban J connectivity index is 1.66. The third-order valence-electron chi connectivity index (χ3n) is 4.35. The highest BCUT2D eigenvalue weighted by Crippen LogP contribution is 2.22. The van der Waals surface area contributed by atoms with E-state index in [2.05, 4.69) is 11.1 Å². The van der Waals surface area contributed by atoms with Crippen LogP contribution in [0.15, 0.2) is 47.0 Å². The molecule has 1 aliphatic rings. The molecule has 1 saturated heterocycles. The van der Waals surface area contributed by atoms with E-state index in [1.54, 1.807) is 19.1 Å². The summed E-state index contributed by atoms with van der Waals surface area (Å²) in [4.78, 5) is 30.0. The number of amides is 1. The molecule has 0 atom stereocenters. The fourth-order valence-electron chi connectivity index (χ4n) is 2.85. The van der Waals surface area contributed by atoms with Gasteiger partial charge in [0.05, 0.1) is 13.4 Å². The molecule has 3 rings (SSSR count). The number of hydrogen-bond donors (Lipinski definition) is 0. The van der Waals surface area contributed by atoms with Crippen LogP contribution in [0.25, 0.3) is 6.08 Å². The molecule has 130 valence electrons. The predicted octanol–water partition coefficient (Wildman–Crippen LogP) is 2.11. The average molecular weight is 339 g/mol. The number of likely N-dealkylation sites (tertiary alicyclic amines) is 1. The van der Waals surface area contributed by atoms with Crippen LogP contribution in [0.2, 0.25) is 0 Å². The van der Waals surface area contributed by atoms with Gasteiger partial charge in [-0.3, -0.25) is 9.59 Å². The zero-order valence-corrected chi connectivity index (χ0v) is 14.4. The van der Waals surface area contributed by atoms with Gasteiger partial charge in [0.15, 0.2) is 0 Å². The maximum atomic E-state index is 12.5. The molecule has 1 aromatic heterocycles. The zero-order valence-electron chi connectivity index (χ0n) is 14.4. The highest BCUT2D eigenvalue weighted by Gasteiger charge is 2.21. The van der Waals surface area contributed by atoms with Gasteiger partial charge in [-0.2, -0.15) is 0 Å². The third kappa shape index (κ3) is 3.96. The van der Waals surface area contributed by atoms with E-state index in [0.717, 1.165) is 24.2 Å². The van der Waals surface area contributed by atoms with Gasteiger partial charge in [-0.15, -0.1) is 0 Å². The van der Waals surface area contributed by atoms with Crippen LogP contribution in [0.1, 0.15) is 28.9 Å². The second-order valence-electron chi connectivity index (χ2n) is 6.09. The first kappa shape index (κ1) is 17.0. The maximum Gasteiger partial charge on any atom is 0.272 e. The normalized spacial score (nSPS) is 14.3. The van der Waals surface area contributed by atoms with E-state index in [0.29, 0.717) is 13.1 Å². The lowest BCUT2D eigenvalue weighted by molar-refractivity contribution is 0.0737. The first-order valence-electron chi connectivity index (χ1n) is 8.22. The molecule has 6 nitrogen and oxygen atoms in total. The Bertz CT molecular complexity index is 860. The smallest absolute Gasteiger partial charge is 0.272 e. The van der Waals surface area contributed by atoms with Gasteiger partial charge in [-0.25, -0.2) is 4.98 Å². The largest absolute Gasteiger partial charge is 0.497 e. The molecule has 0 radical (unpaired) electrons. The van der Waals surface area contributed by atoms with Gasteiger partial charge in [-0.05, 0) is 30.5 Å². The number of benzene rings is 1. The number of aryl methyl sites for hydroxylation is 1. The number of piperidine rings is 1. The van der Waals surface area contributed by atoms with Crippen LogP contribution in [-0.4, -0.2) is 40.6 Å². The van der Waals surface area contributed by atoms with Crippen molar-refractivity contribution in [3.63, 3.8) is 0 Å². The molecular formula is C19H21N3O3. The second-order valence-corrected chi connectivity index (χ2v) is 6.09. The summed E-state index contributed by atoms with van der Waals surface area (Å²) < 4.78 is 6.59. The van der Waals surface area contributed by atoms with Crippen LogP contribution in [0.4, 0.5) is 0 Å². The Kier molecular flexibility index (Phi) is 4.97. The van der Waals surface area contributed by atoms with Crippen LogP contribution in [-0.2, 0) is 7.05 Å². The summed E-state index contributed by atoms with van der Waals surface area (Å²) in [6.07, 6.45) is 5.16. The number of carbonyl (C=O) groups excluding carboxylic acids is 1. The van der Waals surface area contributed by atoms with Crippen molar-refractivity contribution in [1.82, 2.24) is 14.5 Å². The Hall–Kier alpha value is -2.89. The molecule has 2 heterocycles. The highest BCUT2D eigenvalue weighted by molar-refractivity contribution is 5.92. The van der Waals surface area contributed by atoms with Crippen molar-refractivity contribution < 1.29 is 9.53 Å². The van der Waals surface area contributed by atoms with Crippen molar-refractivity contribution in [3.8, 4) is 5.75 Å². The molecule has 25 heavy (non-hydrogen) atoms. The molecule has 1 amide bonds. The first-order chi connectivity index (χ1) is 12.1. The number of methoxy groups -OCH3 is 1. The van der Waals surface area contributed by atoms with Crippen molar-refractivity contribution in [3.05, 3.63) is 63.8 Å². The molecule has 0 saturated carbocycles. The van der Waals surface area contributed by atoms with Crippen molar-refractivity contribution in [2.45, 2.75) is 12.8 Å². The van der Waals surface area contributed by atoms with E-state index in [1.807, 2.05) is 24.3 Å². The minimum absolute atomic E-state index is 0.182. The van der Waals surface area contributed by atoms with Crippen LogP contribution < -0.4 is 10.3 Å². The number of aromatic nitrogens is 2. The molecule has 1 aromatic carbocycles. The Labute approximate surface area is 146 Å². The van der Waals surface area contributed by atoms with Crippen molar-refractivity contribution in [2.24, 2.45) is 7.05 Å². The van der Waals surface area contributed by atoms with Gasteiger partial charge in [0.1, 0.15) is 11.4 Å². The number of rotatable bonds is 3. The van der Waals surface area contributed by atoms with Crippen LogP contribution in [0, 0.1) is 0 Å². The third-order valence-corrected chi connectivity index (χ3v) is 4.35. The fourth-order valence-corrected chi connectivity index (χ4v) is 2.85. The first-order valence-corrected chi connectivity index (χ1v) is 8.22. The summed E-state index contributed by atoms with van der Waals surface area (Å²) in [6.45, 7) is 1.26. The van der Waals surface area contributed by atoms with Crippen molar-refractivity contribution in [2.75, 3.05) is 20.2 Å².